The minimum Gasteiger partial charge on any atom is -0.352 e. The predicted octanol–water partition coefficient (Wildman–Crippen LogP) is 6.17. The van der Waals surface area contributed by atoms with Gasteiger partial charge in [0.25, 0.3) is 5.91 Å². The number of nitrogens with zero attached hydrogens (tertiary/aromatic N) is 1. The van der Waals surface area contributed by atoms with E-state index in [9.17, 15) is 9.18 Å². The highest BCUT2D eigenvalue weighted by molar-refractivity contribution is 6.30. The zero-order valence-corrected chi connectivity index (χ0v) is 16.9. The Morgan fingerprint density at radius 1 is 1.11 bits per heavy atom. The van der Waals surface area contributed by atoms with Crippen LogP contribution in [0.1, 0.15) is 42.2 Å². The first-order valence-corrected chi connectivity index (χ1v) is 9.91. The lowest BCUT2D eigenvalue weighted by Gasteiger charge is -2.13. The summed E-state index contributed by atoms with van der Waals surface area (Å²) in [7, 11) is 0. The highest BCUT2D eigenvalue weighted by Gasteiger charge is 2.19. The third-order valence-electron chi connectivity index (χ3n) is 4.76. The predicted molar refractivity (Wildman–Crippen MR) is 113 cm³/mol. The number of unbranched alkanes of at least 4 members (excludes halogenated alkanes) is 2. The molecule has 5 heteroatoms. The third-order valence-corrected chi connectivity index (χ3v) is 5.02. The van der Waals surface area contributed by atoms with Gasteiger partial charge in [-0.1, -0.05) is 49.6 Å². The molecule has 3 nitrogen and oxygen atoms in total. The number of nitrogens with one attached hydrogen (secondary N) is 1. The monoisotopic (exact) mass is 398 g/mol. The molecule has 0 bridgehead atoms. The molecule has 146 valence electrons. The van der Waals surface area contributed by atoms with Gasteiger partial charge in [0.2, 0.25) is 0 Å². The SMILES string of the molecule is CCCCCNC(=O)c1cc(-c2ccc(Cl)cc2)n(-c2cccc(F)c2)c1C. The van der Waals surface area contributed by atoms with Crippen molar-refractivity contribution >= 4 is 17.5 Å². The maximum absolute atomic E-state index is 13.9. The lowest BCUT2D eigenvalue weighted by Crippen LogP contribution is -2.24. The topological polar surface area (TPSA) is 34.0 Å². The molecule has 0 aliphatic rings. The molecule has 0 aliphatic heterocycles. The highest BCUT2D eigenvalue weighted by atomic mass is 35.5. The van der Waals surface area contributed by atoms with Crippen molar-refractivity contribution in [2.24, 2.45) is 0 Å². The lowest BCUT2D eigenvalue weighted by molar-refractivity contribution is 0.0952. The number of carbonyl (C=O) groups is 1. The molecule has 0 spiro atoms. The first-order chi connectivity index (χ1) is 13.5. The van der Waals surface area contributed by atoms with Crippen LogP contribution in [0.4, 0.5) is 4.39 Å². The number of hydrogen-bond acceptors (Lipinski definition) is 1. The second kappa shape index (κ2) is 9.07. The van der Waals surface area contributed by atoms with E-state index < -0.39 is 0 Å². The molecule has 1 heterocycles. The third kappa shape index (κ3) is 4.45. The molecule has 0 fully saturated rings. The van der Waals surface area contributed by atoms with Crippen LogP contribution < -0.4 is 5.32 Å². The summed E-state index contributed by atoms with van der Waals surface area (Å²) >= 11 is 6.03. The number of hydrogen-bond donors (Lipinski definition) is 1. The van der Waals surface area contributed by atoms with Crippen LogP contribution in [0.25, 0.3) is 16.9 Å². The van der Waals surface area contributed by atoms with Gasteiger partial charge in [0.1, 0.15) is 5.82 Å². The summed E-state index contributed by atoms with van der Waals surface area (Å²) in [4.78, 5) is 12.8. The van der Waals surface area contributed by atoms with E-state index in [0.717, 1.165) is 36.2 Å². The van der Waals surface area contributed by atoms with Crippen molar-refractivity contribution in [3.05, 3.63) is 76.7 Å². The van der Waals surface area contributed by atoms with Crippen molar-refractivity contribution in [3.63, 3.8) is 0 Å². The zero-order chi connectivity index (χ0) is 20.1. The summed E-state index contributed by atoms with van der Waals surface area (Å²) < 4.78 is 15.8. The Kier molecular flexibility index (Phi) is 6.53. The fourth-order valence-electron chi connectivity index (χ4n) is 3.29. The molecular formula is C23H24ClFN2O. The van der Waals surface area contributed by atoms with Crippen molar-refractivity contribution in [3.8, 4) is 16.9 Å². The Hall–Kier alpha value is -2.59. The minimum atomic E-state index is -0.321. The molecule has 0 saturated heterocycles. The van der Waals surface area contributed by atoms with Crippen molar-refractivity contribution in [1.29, 1.82) is 0 Å². The number of aromatic nitrogens is 1. The summed E-state index contributed by atoms with van der Waals surface area (Å²) in [6, 6.07) is 15.6. The van der Waals surface area contributed by atoms with E-state index in [4.69, 9.17) is 11.6 Å². The highest BCUT2D eigenvalue weighted by Crippen LogP contribution is 2.30. The van der Waals surface area contributed by atoms with Crippen LogP contribution in [0.5, 0.6) is 0 Å². The molecular weight excluding hydrogens is 375 g/mol. The van der Waals surface area contributed by atoms with Crippen LogP contribution in [0.3, 0.4) is 0 Å². The van der Waals surface area contributed by atoms with Gasteiger partial charge in [0, 0.05) is 22.9 Å². The number of carbonyl (C=O) groups excluding carboxylic acids is 1. The quantitative estimate of drug-likeness (QED) is 0.475. The summed E-state index contributed by atoms with van der Waals surface area (Å²) in [5.41, 5.74) is 3.75. The maximum atomic E-state index is 13.9. The summed E-state index contributed by atoms with van der Waals surface area (Å²) in [6.07, 6.45) is 3.14. The number of amides is 1. The van der Waals surface area contributed by atoms with Gasteiger partial charge in [-0.25, -0.2) is 4.39 Å². The van der Waals surface area contributed by atoms with E-state index in [1.807, 2.05) is 35.8 Å². The van der Waals surface area contributed by atoms with Gasteiger partial charge in [0.15, 0.2) is 0 Å². The Labute approximate surface area is 170 Å². The molecule has 1 N–H and O–H groups in total. The average Bonchev–Trinajstić information content (AvgIpc) is 3.03. The molecule has 0 aliphatic carbocycles. The maximum Gasteiger partial charge on any atom is 0.253 e. The normalized spacial score (nSPS) is 10.9. The lowest BCUT2D eigenvalue weighted by atomic mass is 10.1. The van der Waals surface area contributed by atoms with Gasteiger partial charge in [-0.3, -0.25) is 4.79 Å². The molecule has 0 radical (unpaired) electrons. The smallest absolute Gasteiger partial charge is 0.253 e. The Balaban J connectivity index is 2.04. The first-order valence-electron chi connectivity index (χ1n) is 9.53. The number of halogens is 2. The Bertz CT molecular complexity index is 963. The summed E-state index contributed by atoms with van der Waals surface area (Å²) in [6.45, 7) is 4.66. The van der Waals surface area contributed by atoms with Gasteiger partial charge in [0.05, 0.1) is 11.3 Å². The standard InChI is InChI=1S/C23H24ClFN2O/c1-3-4-5-13-26-23(28)21-15-22(17-9-11-18(24)12-10-17)27(16(21)2)20-8-6-7-19(25)14-20/h6-12,14-15H,3-5,13H2,1-2H3,(H,26,28). The number of rotatable bonds is 7. The van der Waals surface area contributed by atoms with Gasteiger partial charge in [-0.2, -0.15) is 0 Å². The van der Waals surface area contributed by atoms with E-state index in [2.05, 4.69) is 12.2 Å². The van der Waals surface area contributed by atoms with Gasteiger partial charge >= 0.3 is 0 Å². The first kappa shape index (κ1) is 20.2. The van der Waals surface area contributed by atoms with E-state index in [-0.39, 0.29) is 11.7 Å². The number of benzene rings is 2. The van der Waals surface area contributed by atoms with Gasteiger partial charge < -0.3 is 9.88 Å². The van der Waals surface area contributed by atoms with Crippen molar-refractivity contribution in [1.82, 2.24) is 9.88 Å². The van der Waals surface area contributed by atoms with Crippen LogP contribution in [0, 0.1) is 12.7 Å². The second-order valence-electron chi connectivity index (χ2n) is 6.81. The van der Waals surface area contributed by atoms with E-state index in [1.54, 1.807) is 18.2 Å². The van der Waals surface area contributed by atoms with Crippen molar-refractivity contribution < 1.29 is 9.18 Å². The van der Waals surface area contributed by atoms with Crippen LogP contribution >= 0.6 is 11.6 Å². The largest absolute Gasteiger partial charge is 0.352 e. The molecule has 28 heavy (non-hydrogen) atoms. The van der Waals surface area contributed by atoms with E-state index in [1.165, 1.54) is 12.1 Å². The zero-order valence-electron chi connectivity index (χ0n) is 16.1. The molecule has 0 unspecified atom stereocenters. The Morgan fingerprint density at radius 3 is 2.54 bits per heavy atom. The molecule has 1 amide bonds. The minimum absolute atomic E-state index is 0.112. The van der Waals surface area contributed by atoms with Crippen LogP contribution in [-0.2, 0) is 0 Å². The fraction of sp³-hybridized carbons (Fsp3) is 0.261. The van der Waals surface area contributed by atoms with Gasteiger partial charge in [-0.15, -0.1) is 0 Å². The molecule has 3 rings (SSSR count). The van der Waals surface area contributed by atoms with Crippen molar-refractivity contribution in [2.45, 2.75) is 33.1 Å². The molecule has 2 aromatic carbocycles. The van der Waals surface area contributed by atoms with Crippen LogP contribution in [0.2, 0.25) is 5.02 Å². The molecule has 3 aromatic rings. The average molecular weight is 399 g/mol. The second-order valence-corrected chi connectivity index (χ2v) is 7.25. The van der Waals surface area contributed by atoms with Crippen molar-refractivity contribution in [2.75, 3.05) is 6.54 Å². The Morgan fingerprint density at radius 2 is 1.86 bits per heavy atom. The molecule has 0 saturated carbocycles. The van der Waals surface area contributed by atoms with E-state index in [0.29, 0.717) is 22.8 Å². The van der Waals surface area contributed by atoms with Crippen LogP contribution in [0.15, 0.2) is 54.6 Å². The van der Waals surface area contributed by atoms with E-state index >= 15 is 0 Å². The summed E-state index contributed by atoms with van der Waals surface area (Å²) in [5.74, 6) is -0.433. The van der Waals surface area contributed by atoms with Crippen LogP contribution in [-0.4, -0.2) is 17.0 Å². The molecule has 0 atom stereocenters. The fourth-order valence-corrected chi connectivity index (χ4v) is 3.42. The molecule has 1 aromatic heterocycles. The van der Waals surface area contributed by atoms with Gasteiger partial charge in [-0.05, 0) is 55.3 Å². The summed E-state index contributed by atoms with van der Waals surface area (Å²) in [5, 5.41) is 3.63.